The van der Waals surface area contributed by atoms with Crippen LogP contribution in [0.15, 0.2) is 0 Å². The van der Waals surface area contributed by atoms with Gasteiger partial charge >= 0.3 is 0 Å². The largest absolute Gasteiger partial charge is 0.340 e. The summed E-state index contributed by atoms with van der Waals surface area (Å²) in [6.45, 7) is 5.38. The monoisotopic (exact) mass is 197 g/mol. The van der Waals surface area contributed by atoms with Crippen LogP contribution in [0, 0.1) is 0 Å². The van der Waals surface area contributed by atoms with Gasteiger partial charge < -0.3 is 4.90 Å². The van der Waals surface area contributed by atoms with E-state index in [-0.39, 0.29) is 0 Å². The van der Waals surface area contributed by atoms with Gasteiger partial charge in [0.25, 0.3) is 0 Å². The molecule has 0 aromatic carbocycles. The molecule has 2 nitrogen and oxygen atoms in total. The summed E-state index contributed by atoms with van der Waals surface area (Å²) >= 11 is 0. The van der Waals surface area contributed by atoms with Gasteiger partial charge in [-0.05, 0) is 19.8 Å². The van der Waals surface area contributed by atoms with Gasteiger partial charge in [0.2, 0.25) is 5.91 Å². The van der Waals surface area contributed by atoms with E-state index in [1.165, 1.54) is 32.1 Å². The second-order valence-electron chi connectivity index (χ2n) is 4.39. The lowest BCUT2D eigenvalue weighted by Crippen LogP contribution is -2.31. The summed E-state index contributed by atoms with van der Waals surface area (Å²) < 4.78 is 0. The van der Waals surface area contributed by atoms with Gasteiger partial charge in [-0.3, -0.25) is 4.79 Å². The summed E-state index contributed by atoms with van der Waals surface area (Å²) in [6.07, 6.45) is 8.26. The minimum atomic E-state index is 0.369. The highest BCUT2D eigenvalue weighted by Crippen LogP contribution is 2.18. The fraction of sp³-hybridized carbons (Fsp3) is 0.917. The third kappa shape index (κ3) is 3.32. The number of nitrogens with zero attached hydrogens (tertiary/aromatic N) is 1. The average molecular weight is 197 g/mol. The first-order chi connectivity index (χ1) is 6.75. The van der Waals surface area contributed by atoms with Crippen molar-refractivity contribution in [1.82, 2.24) is 4.90 Å². The molecule has 0 spiro atoms. The number of carbonyl (C=O) groups is 1. The molecule has 1 fully saturated rings. The SMILES string of the molecule is CCCCCCCN1C(=O)CCC1C. The minimum absolute atomic E-state index is 0.369. The molecule has 0 N–H and O–H groups in total. The van der Waals surface area contributed by atoms with Gasteiger partial charge in [-0.1, -0.05) is 32.6 Å². The maximum absolute atomic E-state index is 11.4. The summed E-state index contributed by atoms with van der Waals surface area (Å²) in [6, 6.07) is 0.494. The summed E-state index contributed by atoms with van der Waals surface area (Å²) in [7, 11) is 0. The van der Waals surface area contributed by atoms with E-state index in [9.17, 15) is 4.79 Å². The highest BCUT2D eigenvalue weighted by Gasteiger charge is 2.26. The van der Waals surface area contributed by atoms with Crippen LogP contribution in [0.3, 0.4) is 0 Å². The number of hydrogen-bond donors (Lipinski definition) is 0. The highest BCUT2D eigenvalue weighted by molar-refractivity contribution is 5.78. The first kappa shape index (κ1) is 11.5. The third-order valence-corrected chi connectivity index (χ3v) is 3.13. The van der Waals surface area contributed by atoms with Crippen molar-refractivity contribution in [2.45, 2.75) is 64.8 Å². The number of carbonyl (C=O) groups excluding carboxylic acids is 1. The van der Waals surface area contributed by atoms with E-state index in [2.05, 4.69) is 18.7 Å². The van der Waals surface area contributed by atoms with Crippen LogP contribution in [0.2, 0.25) is 0 Å². The quantitative estimate of drug-likeness (QED) is 0.599. The Hall–Kier alpha value is -0.530. The van der Waals surface area contributed by atoms with E-state index in [0.29, 0.717) is 11.9 Å². The van der Waals surface area contributed by atoms with Gasteiger partial charge in [-0.25, -0.2) is 0 Å². The number of rotatable bonds is 6. The molecule has 82 valence electrons. The second kappa shape index (κ2) is 6.05. The van der Waals surface area contributed by atoms with Crippen LogP contribution in [0.25, 0.3) is 0 Å². The Bertz CT molecular complexity index is 179. The van der Waals surface area contributed by atoms with E-state index in [4.69, 9.17) is 0 Å². The fourth-order valence-electron chi connectivity index (χ4n) is 2.11. The third-order valence-electron chi connectivity index (χ3n) is 3.13. The number of unbranched alkanes of at least 4 members (excludes halogenated alkanes) is 4. The molecule has 1 aliphatic rings. The Labute approximate surface area is 87.7 Å². The van der Waals surface area contributed by atoms with Gasteiger partial charge in [0.05, 0.1) is 0 Å². The maximum Gasteiger partial charge on any atom is 0.222 e. The summed E-state index contributed by atoms with van der Waals surface area (Å²) in [5, 5.41) is 0. The minimum Gasteiger partial charge on any atom is -0.340 e. The van der Waals surface area contributed by atoms with Crippen LogP contribution < -0.4 is 0 Å². The molecule has 0 radical (unpaired) electrons. The lowest BCUT2D eigenvalue weighted by molar-refractivity contribution is -0.128. The predicted molar refractivity (Wildman–Crippen MR) is 59.2 cm³/mol. The molecule has 1 unspecified atom stereocenters. The molecule has 1 saturated heterocycles. The zero-order valence-corrected chi connectivity index (χ0v) is 9.59. The molecular weight excluding hydrogens is 174 g/mol. The van der Waals surface area contributed by atoms with Crippen LogP contribution in [0.1, 0.15) is 58.8 Å². The second-order valence-corrected chi connectivity index (χ2v) is 4.39. The lowest BCUT2D eigenvalue weighted by atomic mass is 10.1. The van der Waals surface area contributed by atoms with Crippen molar-refractivity contribution in [2.24, 2.45) is 0 Å². The van der Waals surface area contributed by atoms with Gasteiger partial charge in [0.15, 0.2) is 0 Å². The molecule has 14 heavy (non-hydrogen) atoms. The number of likely N-dealkylation sites (tertiary alicyclic amines) is 1. The molecular formula is C12H23NO. The van der Waals surface area contributed by atoms with Gasteiger partial charge in [-0.15, -0.1) is 0 Å². The molecule has 0 bridgehead atoms. The molecule has 0 aromatic heterocycles. The Morgan fingerprint density at radius 1 is 1.29 bits per heavy atom. The smallest absolute Gasteiger partial charge is 0.222 e. The van der Waals surface area contributed by atoms with Gasteiger partial charge in [-0.2, -0.15) is 0 Å². The predicted octanol–water partition coefficient (Wildman–Crippen LogP) is 2.97. The van der Waals surface area contributed by atoms with Crippen molar-refractivity contribution in [2.75, 3.05) is 6.54 Å². The molecule has 1 atom stereocenters. The van der Waals surface area contributed by atoms with Crippen molar-refractivity contribution < 1.29 is 4.79 Å². The molecule has 1 rings (SSSR count). The molecule has 0 aliphatic carbocycles. The van der Waals surface area contributed by atoms with Crippen molar-refractivity contribution in [3.05, 3.63) is 0 Å². The standard InChI is InChI=1S/C12H23NO/c1-3-4-5-6-7-10-13-11(2)8-9-12(13)14/h11H,3-10H2,1-2H3. The Kier molecular flexibility index (Phi) is 4.99. The maximum atomic E-state index is 11.4. The van der Waals surface area contributed by atoms with Crippen molar-refractivity contribution in [1.29, 1.82) is 0 Å². The van der Waals surface area contributed by atoms with E-state index in [0.717, 1.165) is 19.4 Å². The fourth-order valence-corrected chi connectivity index (χ4v) is 2.11. The molecule has 0 saturated carbocycles. The average Bonchev–Trinajstić information content (AvgIpc) is 2.48. The van der Waals surface area contributed by atoms with E-state index >= 15 is 0 Å². The Morgan fingerprint density at radius 2 is 2.00 bits per heavy atom. The van der Waals surface area contributed by atoms with Crippen LogP contribution >= 0.6 is 0 Å². The summed E-state index contributed by atoms with van der Waals surface area (Å²) in [4.78, 5) is 13.5. The zero-order chi connectivity index (χ0) is 10.4. The normalized spacial score (nSPS) is 22.0. The Morgan fingerprint density at radius 3 is 2.57 bits per heavy atom. The van der Waals surface area contributed by atoms with Crippen molar-refractivity contribution in [3.8, 4) is 0 Å². The number of amides is 1. The van der Waals surface area contributed by atoms with Crippen LogP contribution in [-0.4, -0.2) is 23.4 Å². The summed E-state index contributed by atoms with van der Waals surface area (Å²) in [5.41, 5.74) is 0. The highest BCUT2D eigenvalue weighted by atomic mass is 16.2. The van der Waals surface area contributed by atoms with E-state index < -0.39 is 0 Å². The molecule has 1 amide bonds. The first-order valence-electron chi connectivity index (χ1n) is 6.05. The van der Waals surface area contributed by atoms with Crippen molar-refractivity contribution >= 4 is 5.91 Å². The van der Waals surface area contributed by atoms with Crippen LogP contribution in [0.4, 0.5) is 0 Å². The first-order valence-corrected chi connectivity index (χ1v) is 6.05. The van der Waals surface area contributed by atoms with Crippen molar-refractivity contribution in [3.63, 3.8) is 0 Å². The molecule has 0 aromatic rings. The molecule has 1 aliphatic heterocycles. The molecule has 1 heterocycles. The zero-order valence-electron chi connectivity index (χ0n) is 9.59. The van der Waals surface area contributed by atoms with Gasteiger partial charge in [0, 0.05) is 19.0 Å². The Balaban J connectivity index is 2.08. The van der Waals surface area contributed by atoms with E-state index in [1.54, 1.807) is 0 Å². The summed E-state index contributed by atoms with van der Waals surface area (Å²) in [5.74, 6) is 0.369. The van der Waals surface area contributed by atoms with Crippen LogP contribution in [-0.2, 0) is 4.79 Å². The molecule has 2 heteroatoms. The van der Waals surface area contributed by atoms with Crippen LogP contribution in [0.5, 0.6) is 0 Å². The number of hydrogen-bond acceptors (Lipinski definition) is 1. The topological polar surface area (TPSA) is 20.3 Å². The van der Waals surface area contributed by atoms with Gasteiger partial charge in [0.1, 0.15) is 0 Å². The van der Waals surface area contributed by atoms with E-state index in [1.807, 2.05) is 0 Å². The lowest BCUT2D eigenvalue weighted by Gasteiger charge is -2.21.